The Bertz CT molecular complexity index is 653. The lowest BCUT2D eigenvalue weighted by Gasteiger charge is -2.07. The molecule has 108 valence electrons. The fraction of sp³-hybridized carbons (Fsp3) is 0.235. The number of ketones is 1. The van der Waals surface area contributed by atoms with E-state index in [0.29, 0.717) is 22.4 Å². The second-order valence-corrected chi connectivity index (χ2v) is 6.41. The first-order valence-electron chi connectivity index (χ1n) is 6.89. The number of carbonyl (C=O) groups is 1. The van der Waals surface area contributed by atoms with E-state index in [9.17, 15) is 4.79 Å². The second kappa shape index (κ2) is 6.54. The van der Waals surface area contributed by atoms with Crippen LogP contribution in [0.3, 0.4) is 0 Å². The van der Waals surface area contributed by atoms with Gasteiger partial charge in [-0.05, 0) is 37.1 Å². The highest BCUT2D eigenvalue weighted by Gasteiger charge is 2.23. The molecule has 1 saturated carbocycles. The van der Waals surface area contributed by atoms with E-state index < -0.39 is 0 Å². The van der Waals surface area contributed by atoms with Crippen molar-refractivity contribution in [2.45, 2.75) is 23.8 Å². The van der Waals surface area contributed by atoms with Crippen molar-refractivity contribution in [2.24, 2.45) is 0 Å². The maximum atomic E-state index is 12.3. The van der Waals surface area contributed by atoms with Crippen molar-refractivity contribution in [2.75, 3.05) is 5.75 Å². The van der Waals surface area contributed by atoms with Gasteiger partial charge in [0.25, 0.3) is 0 Å². The third-order valence-electron chi connectivity index (χ3n) is 3.18. The molecule has 2 aromatic rings. The lowest BCUT2D eigenvalue weighted by atomic mass is 10.1. The average Bonchev–Trinajstić information content (AvgIpc) is 3.30. The van der Waals surface area contributed by atoms with E-state index in [0.717, 1.165) is 23.5 Å². The Morgan fingerprint density at radius 1 is 1.19 bits per heavy atom. The van der Waals surface area contributed by atoms with Gasteiger partial charge < -0.3 is 4.74 Å². The number of benzene rings is 2. The lowest BCUT2D eigenvalue weighted by Crippen LogP contribution is -2.03. The summed E-state index contributed by atoms with van der Waals surface area (Å²) >= 11 is 7.55. The summed E-state index contributed by atoms with van der Waals surface area (Å²) in [5.74, 6) is 1.24. The average molecular weight is 319 g/mol. The Labute approximate surface area is 133 Å². The number of halogens is 1. The highest BCUT2D eigenvalue weighted by Crippen LogP contribution is 2.29. The normalized spacial score (nSPS) is 14.0. The summed E-state index contributed by atoms with van der Waals surface area (Å²) < 4.78 is 5.72. The number of Topliss-reactive ketones (excluding diaryl/α,β-unsaturated/α-hetero) is 1. The maximum absolute atomic E-state index is 12.3. The Kier molecular flexibility index (Phi) is 4.51. The number of ether oxygens (including phenoxy) is 1. The zero-order valence-electron chi connectivity index (χ0n) is 11.4. The fourth-order valence-electron chi connectivity index (χ4n) is 1.91. The van der Waals surface area contributed by atoms with Gasteiger partial charge in [-0.15, -0.1) is 11.8 Å². The van der Waals surface area contributed by atoms with Crippen LogP contribution in [0.2, 0.25) is 5.02 Å². The summed E-state index contributed by atoms with van der Waals surface area (Å²) in [6.07, 6.45) is 2.56. The molecule has 0 unspecified atom stereocenters. The molecule has 1 aliphatic rings. The van der Waals surface area contributed by atoms with Crippen molar-refractivity contribution in [3.05, 3.63) is 59.1 Å². The molecule has 4 heteroatoms. The second-order valence-electron chi connectivity index (χ2n) is 4.99. The minimum absolute atomic E-state index is 0.0844. The molecule has 0 saturated heterocycles. The number of thioether (sulfide) groups is 1. The predicted octanol–water partition coefficient (Wildman–Crippen LogP) is 4.86. The van der Waals surface area contributed by atoms with Gasteiger partial charge in [0.2, 0.25) is 0 Å². The molecule has 0 N–H and O–H groups in total. The van der Waals surface area contributed by atoms with Gasteiger partial charge >= 0.3 is 0 Å². The highest BCUT2D eigenvalue weighted by atomic mass is 35.5. The highest BCUT2D eigenvalue weighted by molar-refractivity contribution is 8.00. The molecule has 2 aromatic carbocycles. The van der Waals surface area contributed by atoms with Crippen molar-refractivity contribution >= 4 is 29.1 Å². The van der Waals surface area contributed by atoms with Crippen molar-refractivity contribution in [1.29, 1.82) is 0 Å². The monoisotopic (exact) mass is 318 g/mol. The third-order valence-corrected chi connectivity index (χ3v) is 4.69. The molecule has 1 aliphatic carbocycles. The lowest BCUT2D eigenvalue weighted by molar-refractivity contribution is 0.102. The molecule has 21 heavy (non-hydrogen) atoms. The van der Waals surface area contributed by atoms with Gasteiger partial charge in [-0.2, -0.15) is 0 Å². The van der Waals surface area contributed by atoms with E-state index in [1.165, 1.54) is 11.8 Å². The van der Waals surface area contributed by atoms with Gasteiger partial charge in [0.1, 0.15) is 5.75 Å². The zero-order chi connectivity index (χ0) is 14.7. The molecule has 0 spiro atoms. The molecule has 0 heterocycles. The summed E-state index contributed by atoms with van der Waals surface area (Å²) in [4.78, 5) is 13.2. The van der Waals surface area contributed by atoms with Gasteiger partial charge in [-0.25, -0.2) is 0 Å². The predicted molar refractivity (Wildman–Crippen MR) is 86.6 cm³/mol. The Morgan fingerprint density at radius 3 is 2.76 bits per heavy atom. The van der Waals surface area contributed by atoms with Crippen LogP contribution in [0.5, 0.6) is 5.75 Å². The summed E-state index contributed by atoms with van der Waals surface area (Å²) in [5, 5.41) is 0.682. The molecule has 0 amide bonds. The first-order valence-corrected chi connectivity index (χ1v) is 8.26. The quantitative estimate of drug-likeness (QED) is 0.562. The molecule has 3 rings (SSSR count). The van der Waals surface area contributed by atoms with Crippen molar-refractivity contribution in [3.8, 4) is 5.75 Å². The minimum atomic E-state index is 0.0844. The van der Waals surface area contributed by atoms with Crippen molar-refractivity contribution in [1.82, 2.24) is 0 Å². The molecule has 0 atom stereocenters. The first kappa shape index (κ1) is 14.5. The van der Waals surface area contributed by atoms with Gasteiger partial charge in [0.15, 0.2) is 5.78 Å². The summed E-state index contributed by atoms with van der Waals surface area (Å²) in [7, 11) is 0. The summed E-state index contributed by atoms with van der Waals surface area (Å²) in [6.45, 7) is 0. The van der Waals surface area contributed by atoms with Gasteiger partial charge in [-0.1, -0.05) is 35.9 Å². The minimum Gasteiger partial charge on any atom is -0.490 e. The largest absolute Gasteiger partial charge is 0.490 e. The van der Waals surface area contributed by atoms with Crippen LogP contribution in [0, 0.1) is 0 Å². The van der Waals surface area contributed by atoms with E-state index in [2.05, 4.69) is 0 Å². The molecular formula is C17H15ClO2S. The third kappa shape index (κ3) is 4.02. The van der Waals surface area contributed by atoms with Gasteiger partial charge in [-0.3, -0.25) is 4.79 Å². The Morgan fingerprint density at radius 2 is 2.00 bits per heavy atom. The van der Waals surface area contributed by atoms with Crippen LogP contribution in [-0.2, 0) is 0 Å². The Balaban J connectivity index is 1.63. The maximum Gasteiger partial charge on any atom is 0.173 e. The van der Waals surface area contributed by atoms with Crippen LogP contribution in [0.1, 0.15) is 23.2 Å². The van der Waals surface area contributed by atoms with E-state index in [4.69, 9.17) is 16.3 Å². The number of carbonyl (C=O) groups excluding carboxylic acids is 1. The SMILES string of the molecule is O=C(CSc1ccccc1Cl)c1cccc(OC2CC2)c1. The standard InChI is InChI=1S/C17H15ClO2S/c18-15-6-1-2-7-17(15)21-11-16(19)12-4-3-5-14(10-12)20-13-8-9-13/h1-7,10,13H,8-9,11H2. The van der Waals surface area contributed by atoms with Crippen molar-refractivity contribution in [3.63, 3.8) is 0 Å². The first-order chi connectivity index (χ1) is 10.2. The van der Waals surface area contributed by atoms with Crippen LogP contribution in [0.15, 0.2) is 53.4 Å². The van der Waals surface area contributed by atoms with Crippen LogP contribution in [-0.4, -0.2) is 17.6 Å². The molecule has 0 aliphatic heterocycles. The van der Waals surface area contributed by atoms with Crippen LogP contribution in [0.4, 0.5) is 0 Å². The summed E-state index contributed by atoms with van der Waals surface area (Å²) in [5.41, 5.74) is 0.688. The molecule has 0 radical (unpaired) electrons. The summed E-state index contributed by atoms with van der Waals surface area (Å²) in [6, 6.07) is 15.0. The van der Waals surface area contributed by atoms with Crippen LogP contribution >= 0.6 is 23.4 Å². The Hall–Kier alpha value is -1.45. The van der Waals surface area contributed by atoms with E-state index in [-0.39, 0.29) is 5.78 Å². The molecule has 0 aromatic heterocycles. The van der Waals surface area contributed by atoms with E-state index in [1.807, 2.05) is 48.5 Å². The number of hydrogen-bond donors (Lipinski definition) is 0. The van der Waals surface area contributed by atoms with E-state index >= 15 is 0 Å². The van der Waals surface area contributed by atoms with Gasteiger partial charge in [0, 0.05) is 10.5 Å². The molecule has 1 fully saturated rings. The van der Waals surface area contributed by atoms with Crippen molar-refractivity contribution < 1.29 is 9.53 Å². The smallest absolute Gasteiger partial charge is 0.173 e. The molecule has 2 nitrogen and oxygen atoms in total. The number of hydrogen-bond acceptors (Lipinski definition) is 3. The van der Waals surface area contributed by atoms with Gasteiger partial charge in [0.05, 0.1) is 16.9 Å². The van der Waals surface area contributed by atoms with E-state index in [1.54, 1.807) is 0 Å². The molecular weight excluding hydrogens is 304 g/mol. The topological polar surface area (TPSA) is 26.3 Å². The van der Waals surface area contributed by atoms with Crippen LogP contribution in [0.25, 0.3) is 0 Å². The molecule has 0 bridgehead atoms. The zero-order valence-corrected chi connectivity index (χ0v) is 13.0. The van der Waals surface area contributed by atoms with Crippen LogP contribution < -0.4 is 4.74 Å². The number of rotatable bonds is 6. The fourth-order valence-corrected chi connectivity index (χ4v) is 3.04.